The summed E-state index contributed by atoms with van der Waals surface area (Å²) in [5.41, 5.74) is 0. The molecule has 1 atom stereocenters. The van der Waals surface area contributed by atoms with Crippen LogP contribution in [0.25, 0.3) is 0 Å². The van der Waals surface area contributed by atoms with E-state index >= 15 is 0 Å². The fraction of sp³-hybridized carbons (Fsp3) is 0.783. The summed E-state index contributed by atoms with van der Waals surface area (Å²) in [6.45, 7) is 4.73. The van der Waals surface area contributed by atoms with Crippen LogP contribution in [0.15, 0.2) is 23.6 Å². The second-order valence-corrected chi connectivity index (χ2v) is 8.76. The summed E-state index contributed by atoms with van der Waals surface area (Å²) < 4.78 is 6.07. The van der Waals surface area contributed by atoms with Gasteiger partial charge in [-0.2, -0.15) is 0 Å². The lowest BCUT2D eigenvalue weighted by Crippen LogP contribution is -2.41. The Labute approximate surface area is 187 Å². The second kappa shape index (κ2) is 18.6. The zero-order valence-electron chi connectivity index (χ0n) is 18.9. The van der Waals surface area contributed by atoms with E-state index < -0.39 is 12.0 Å². The van der Waals surface area contributed by atoms with Gasteiger partial charge in [-0.25, -0.2) is 9.97 Å². The van der Waals surface area contributed by atoms with Gasteiger partial charge in [0.1, 0.15) is 6.04 Å². The van der Waals surface area contributed by atoms with Crippen LogP contribution in [-0.4, -0.2) is 45.7 Å². The number of unbranched alkanes of at least 4 members (excludes halogenated alkanes) is 8. The number of aliphatic carboxylic acids is 1. The van der Waals surface area contributed by atoms with Gasteiger partial charge in [0.25, 0.3) is 0 Å². The largest absolute Gasteiger partial charge is 0.480 e. The Morgan fingerprint density at radius 3 is 2.10 bits per heavy atom. The van der Waals surface area contributed by atoms with Crippen LogP contribution < -0.4 is 5.32 Å². The maximum absolute atomic E-state index is 11.6. The smallest absolute Gasteiger partial charge is 0.321 e. The first-order valence-corrected chi connectivity index (χ1v) is 12.6. The molecule has 7 heteroatoms. The second-order valence-electron chi connectivity index (χ2n) is 7.78. The maximum Gasteiger partial charge on any atom is 0.321 e. The quantitative estimate of drug-likeness (QED) is 0.117. The molecular formula is C23H41N3O3S. The third kappa shape index (κ3) is 13.9. The standard InChI is InChI=1S/C23H41N3O3S/c1-3-5-7-9-11-14-20(15-12-10-8-6-4-2)29-19-26-21(22(27)28)18-30-23-24-16-13-17-25-23/h13,16-17,20-21,26H,3-12,14-15,18-19H2,1-2H3,(H,27,28). The molecule has 0 aliphatic rings. The molecule has 0 aromatic carbocycles. The molecular weight excluding hydrogens is 398 g/mol. The molecule has 172 valence electrons. The minimum atomic E-state index is -0.877. The molecule has 1 aromatic rings. The molecule has 30 heavy (non-hydrogen) atoms. The third-order valence-electron chi connectivity index (χ3n) is 5.13. The average molecular weight is 440 g/mol. The Balaban J connectivity index is 2.37. The molecule has 1 heterocycles. The van der Waals surface area contributed by atoms with Crippen LogP contribution in [0.2, 0.25) is 0 Å². The highest BCUT2D eigenvalue weighted by molar-refractivity contribution is 7.99. The van der Waals surface area contributed by atoms with Crippen molar-refractivity contribution >= 4 is 17.7 Å². The Bertz CT molecular complexity index is 520. The van der Waals surface area contributed by atoms with Gasteiger partial charge in [0.2, 0.25) is 0 Å². The normalized spacial score (nSPS) is 12.4. The zero-order valence-corrected chi connectivity index (χ0v) is 19.7. The number of hydrogen-bond acceptors (Lipinski definition) is 6. The SMILES string of the molecule is CCCCCCCC(CCCCCCC)OCNC(CSc1ncccn1)C(=O)O. The molecule has 1 aromatic heterocycles. The lowest BCUT2D eigenvalue weighted by Gasteiger charge is -2.20. The summed E-state index contributed by atoms with van der Waals surface area (Å²) in [6, 6.07) is 1.06. The molecule has 0 aliphatic heterocycles. The van der Waals surface area contributed by atoms with Crippen molar-refractivity contribution in [2.45, 2.75) is 108 Å². The van der Waals surface area contributed by atoms with Gasteiger partial charge in [0.05, 0.1) is 12.8 Å². The Morgan fingerprint density at radius 1 is 1.00 bits per heavy atom. The van der Waals surface area contributed by atoms with Crippen molar-refractivity contribution in [3.05, 3.63) is 18.5 Å². The van der Waals surface area contributed by atoms with Crippen molar-refractivity contribution in [2.75, 3.05) is 12.5 Å². The van der Waals surface area contributed by atoms with E-state index in [-0.39, 0.29) is 12.8 Å². The highest BCUT2D eigenvalue weighted by Gasteiger charge is 2.18. The molecule has 0 aliphatic carbocycles. The van der Waals surface area contributed by atoms with Gasteiger partial charge in [-0.05, 0) is 18.9 Å². The summed E-state index contributed by atoms with van der Waals surface area (Å²) in [4.78, 5) is 19.8. The molecule has 0 spiro atoms. The minimum absolute atomic E-state index is 0.209. The monoisotopic (exact) mass is 439 g/mol. The van der Waals surface area contributed by atoms with Crippen molar-refractivity contribution in [3.8, 4) is 0 Å². The number of thioether (sulfide) groups is 1. The fourth-order valence-corrected chi connectivity index (χ4v) is 4.11. The first kappa shape index (κ1) is 26.9. The molecule has 6 nitrogen and oxygen atoms in total. The number of rotatable bonds is 20. The highest BCUT2D eigenvalue weighted by atomic mass is 32.2. The number of carboxylic acids is 1. The van der Waals surface area contributed by atoms with Crippen molar-refractivity contribution in [1.82, 2.24) is 15.3 Å². The first-order valence-electron chi connectivity index (χ1n) is 11.6. The first-order chi connectivity index (χ1) is 14.7. The topological polar surface area (TPSA) is 84.3 Å². The molecule has 0 radical (unpaired) electrons. The van der Waals surface area contributed by atoms with Crippen molar-refractivity contribution in [3.63, 3.8) is 0 Å². The van der Waals surface area contributed by atoms with E-state index in [1.807, 2.05) is 0 Å². The lowest BCUT2D eigenvalue weighted by atomic mass is 10.0. The maximum atomic E-state index is 11.6. The predicted molar refractivity (Wildman–Crippen MR) is 124 cm³/mol. The number of nitrogens with zero attached hydrogens (tertiary/aromatic N) is 2. The van der Waals surface area contributed by atoms with E-state index in [1.54, 1.807) is 18.5 Å². The Morgan fingerprint density at radius 2 is 1.57 bits per heavy atom. The van der Waals surface area contributed by atoms with Crippen LogP contribution in [0.5, 0.6) is 0 Å². The van der Waals surface area contributed by atoms with Crippen molar-refractivity contribution in [2.24, 2.45) is 0 Å². The van der Waals surface area contributed by atoms with Gasteiger partial charge >= 0.3 is 5.97 Å². The number of carbonyl (C=O) groups is 1. The summed E-state index contributed by atoms with van der Waals surface area (Å²) in [6.07, 6.45) is 18.2. The molecule has 0 saturated carbocycles. The summed E-state index contributed by atoms with van der Waals surface area (Å²) in [5.74, 6) is -0.515. The van der Waals surface area contributed by atoms with E-state index in [0.29, 0.717) is 10.9 Å². The van der Waals surface area contributed by atoms with Crippen LogP contribution in [0.4, 0.5) is 0 Å². The molecule has 0 amide bonds. The van der Waals surface area contributed by atoms with Gasteiger partial charge in [0.15, 0.2) is 5.16 Å². The van der Waals surface area contributed by atoms with Crippen LogP contribution in [0.3, 0.4) is 0 Å². The van der Waals surface area contributed by atoms with Gasteiger partial charge < -0.3 is 9.84 Å². The molecule has 0 bridgehead atoms. The van der Waals surface area contributed by atoms with Crippen LogP contribution >= 0.6 is 11.8 Å². The number of nitrogens with one attached hydrogen (secondary N) is 1. The fourth-order valence-electron chi connectivity index (χ4n) is 3.26. The third-order valence-corrected chi connectivity index (χ3v) is 6.10. The molecule has 0 saturated heterocycles. The Kier molecular flexibility index (Phi) is 16.6. The van der Waals surface area contributed by atoms with Crippen LogP contribution in [0.1, 0.15) is 90.9 Å². The Hall–Kier alpha value is -1.18. The number of carboxylic acid groups (broad SMARTS) is 1. The van der Waals surface area contributed by atoms with E-state index in [4.69, 9.17) is 4.74 Å². The number of aromatic nitrogens is 2. The number of hydrogen-bond donors (Lipinski definition) is 2. The number of ether oxygens (including phenoxy) is 1. The van der Waals surface area contributed by atoms with Gasteiger partial charge in [-0.1, -0.05) is 89.8 Å². The minimum Gasteiger partial charge on any atom is -0.480 e. The lowest BCUT2D eigenvalue weighted by molar-refractivity contribution is -0.139. The molecule has 1 rings (SSSR count). The van der Waals surface area contributed by atoms with Gasteiger partial charge in [0, 0.05) is 18.1 Å². The molecule has 1 unspecified atom stereocenters. The summed E-state index contributed by atoms with van der Waals surface area (Å²) in [7, 11) is 0. The van der Waals surface area contributed by atoms with Gasteiger partial charge in [-0.3, -0.25) is 10.1 Å². The molecule has 0 fully saturated rings. The van der Waals surface area contributed by atoms with E-state index in [0.717, 1.165) is 12.8 Å². The van der Waals surface area contributed by atoms with Crippen molar-refractivity contribution < 1.29 is 14.6 Å². The van der Waals surface area contributed by atoms with E-state index in [1.165, 1.54) is 76.0 Å². The van der Waals surface area contributed by atoms with Crippen molar-refractivity contribution in [1.29, 1.82) is 0 Å². The molecule has 2 N–H and O–H groups in total. The van der Waals surface area contributed by atoms with Crippen LogP contribution in [0, 0.1) is 0 Å². The zero-order chi connectivity index (χ0) is 21.9. The predicted octanol–water partition coefficient (Wildman–Crippen LogP) is 5.68. The van der Waals surface area contributed by atoms with Crippen LogP contribution in [-0.2, 0) is 9.53 Å². The summed E-state index contributed by atoms with van der Waals surface area (Å²) in [5, 5.41) is 13.1. The van der Waals surface area contributed by atoms with E-state index in [9.17, 15) is 9.90 Å². The highest BCUT2D eigenvalue weighted by Crippen LogP contribution is 2.17. The summed E-state index contributed by atoms with van der Waals surface area (Å²) >= 11 is 1.34. The average Bonchev–Trinajstić information content (AvgIpc) is 2.75. The van der Waals surface area contributed by atoms with Gasteiger partial charge in [-0.15, -0.1) is 0 Å². The van der Waals surface area contributed by atoms with E-state index in [2.05, 4.69) is 29.1 Å².